The zero-order valence-electron chi connectivity index (χ0n) is 11.9. The van der Waals surface area contributed by atoms with Gasteiger partial charge in [0.1, 0.15) is 12.2 Å². The van der Waals surface area contributed by atoms with Crippen LogP contribution in [-0.2, 0) is 13.0 Å². The summed E-state index contributed by atoms with van der Waals surface area (Å²) < 4.78 is 2.21. The highest BCUT2D eigenvalue weighted by molar-refractivity contribution is 5.75. The summed E-state index contributed by atoms with van der Waals surface area (Å²) in [5.41, 5.74) is 5.94. The van der Waals surface area contributed by atoms with Crippen molar-refractivity contribution in [3.63, 3.8) is 0 Å². The van der Waals surface area contributed by atoms with Crippen LogP contribution in [0.1, 0.15) is 24.4 Å². The fraction of sp³-hybridized carbons (Fsp3) is 0.267. The normalized spacial score (nSPS) is 12.7. The minimum absolute atomic E-state index is 0.0617. The number of rotatable bonds is 5. The lowest BCUT2D eigenvalue weighted by atomic mass is 10.1. The first-order valence-electron chi connectivity index (χ1n) is 6.98. The summed E-state index contributed by atoms with van der Waals surface area (Å²) in [5.74, 6) is 6.70. The second kappa shape index (κ2) is 5.99. The van der Waals surface area contributed by atoms with Gasteiger partial charge in [-0.15, -0.1) is 0 Å². The third-order valence-corrected chi connectivity index (χ3v) is 3.62. The number of hydrazine groups is 1. The molecule has 1 aromatic carbocycles. The number of nitrogens with one attached hydrogen (secondary N) is 1. The average Bonchev–Trinajstić information content (AvgIpc) is 2.90. The van der Waals surface area contributed by atoms with Crippen LogP contribution in [0.15, 0.2) is 43.0 Å². The van der Waals surface area contributed by atoms with Crippen molar-refractivity contribution in [3.05, 3.63) is 54.4 Å². The standard InChI is InChI=1S/C15H18N6/c1-2-21-14-6-4-3-5-12(14)19-15(21)7-13(20-16)11-8-17-10-18-9-11/h3-6,8-10,13,20H,2,7,16H2,1H3. The van der Waals surface area contributed by atoms with Crippen LogP contribution in [-0.4, -0.2) is 19.5 Å². The quantitative estimate of drug-likeness (QED) is 0.548. The SMILES string of the molecule is CCn1c(CC(NN)c2cncnc2)nc2ccccc21. The highest BCUT2D eigenvalue weighted by atomic mass is 15.2. The summed E-state index contributed by atoms with van der Waals surface area (Å²) in [4.78, 5) is 12.8. The van der Waals surface area contributed by atoms with E-state index in [0.717, 1.165) is 29.0 Å². The van der Waals surface area contributed by atoms with Gasteiger partial charge in [-0.1, -0.05) is 12.1 Å². The zero-order valence-corrected chi connectivity index (χ0v) is 11.9. The van der Waals surface area contributed by atoms with E-state index in [2.05, 4.69) is 33.0 Å². The fourth-order valence-electron chi connectivity index (χ4n) is 2.58. The molecule has 2 heterocycles. The van der Waals surface area contributed by atoms with Crippen LogP contribution in [0.2, 0.25) is 0 Å². The molecule has 0 aliphatic heterocycles. The molecule has 108 valence electrons. The Morgan fingerprint density at radius 2 is 2.00 bits per heavy atom. The van der Waals surface area contributed by atoms with Crippen molar-refractivity contribution >= 4 is 11.0 Å². The van der Waals surface area contributed by atoms with E-state index in [1.807, 2.05) is 18.2 Å². The molecule has 1 atom stereocenters. The Morgan fingerprint density at radius 1 is 1.24 bits per heavy atom. The van der Waals surface area contributed by atoms with Crippen LogP contribution >= 0.6 is 0 Å². The minimum atomic E-state index is -0.0617. The largest absolute Gasteiger partial charge is 0.328 e. The number of aromatic nitrogens is 4. The van der Waals surface area contributed by atoms with Gasteiger partial charge in [-0.05, 0) is 19.1 Å². The van der Waals surface area contributed by atoms with Crippen molar-refractivity contribution in [3.8, 4) is 0 Å². The van der Waals surface area contributed by atoms with E-state index in [4.69, 9.17) is 10.8 Å². The molecule has 0 saturated heterocycles. The van der Waals surface area contributed by atoms with E-state index in [-0.39, 0.29) is 6.04 Å². The van der Waals surface area contributed by atoms with Crippen molar-refractivity contribution in [2.75, 3.05) is 0 Å². The van der Waals surface area contributed by atoms with E-state index < -0.39 is 0 Å². The van der Waals surface area contributed by atoms with Gasteiger partial charge in [0.15, 0.2) is 0 Å². The topological polar surface area (TPSA) is 81.7 Å². The molecule has 21 heavy (non-hydrogen) atoms. The first kappa shape index (κ1) is 13.7. The third-order valence-electron chi connectivity index (χ3n) is 3.62. The molecule has 0 amide bonds. The Morgan fingerprint density at radius 3 is 2.71 bits per heavy atom. The summed E-state index contributed by atoms with van der Waals surface area (Å²) in [5, 5.41) is 0. The van der Waals surface area contributed by atoms with Gasteiger partial charge in [-0.3, -0.25) is 11.3 Å². The van der Waals surface area contributed by atoms with Crippen LogP contribution in [0.3, 0.4) is 0 Å². The molecular weight excluding hydrogens is 264 g/mol. The van der Waals surface area contributed by atoms with E-state index >= 15 is 0 Å². The van der Waals surface area contributed by atoms with Gasteiger partial charge < -0.3 is 4.57 Å². The van der Waals surface area contributed by atoms with Crippen LogP contribution in [0.5, 0.6) is 0 Å². The van der Waals surface area contributed by atoms with Crippen molar-refractivity contribution in [1.29, 1.82) is 0 Å². The molecule has 0 aliphatic carbocycles. The zero-order chi connectivity index (χ0) is 14.7. The molecule has 3 rings (SSSR count). The lowest BCUT2D eigenvalue weighted by Crippen LogP contribution is -2.30. The molecule has 0 saturated carbocycles. The van der Waals surface area contributed by atoms with Crippen LogP contribution < -0.4 is 11.3 Å². The van der Waals surface area contributed by atoms with Gasteiger partial charge in [-0.2, -0.15) is 0 Å². The van der Waals surface area contributed by atoms with Gasteiger partial charge >= 0.3 is 0 Å². The van der Waals surface area contributed by atoms with Gasteiger partial charge in [-0.25, -0.2) is 15.0 Å². The molecule has 0 aliphatic rings. The molecular formula is C15H18N6. The Kier molecular flexibility index (Phi) is 3.89. The van der Waals surface area contributed by atoms with Gasteiger partial charge in [0, 0.05) is 30.9 Å². The summed E-state index contributed by atoms with van der Waals surface area (Å²) in [6, 6.07) is 8.09. The van der Waals surface area contributed by atoms with Gasteiger partial charge in [0.25, 0.3) is 0 Å². The molecule has 3 N–H and O–H groups in total. The van der Waals surface area contributed by atoms with Crippen LogP contribution in [0.4, 0.5) is 0 Å². The average molecular weight is 282 g/mol. The molecule has 2 aromatic heterocycles. The van der Waals surface area contributed by atoms with Gasteiger partial charge in [0.05, 0.1) is 17.1 Å². The number of para-hydroxylation sites is 2. The predicted molar refractivity (Wildman–Crippen MR) is 81.2 cm³/mol. The highest BCUT2D eigenvalue weighted by Gasteiger charge is 2.16. The van der Waals surface area contributed by atoms with Crippen molar-refractivity contribution in [2.24, 2.45) is 5.84 Å². The number of benzene rings is 1. The molecule has 0 radical (unpaired) electrons. The number of nitrogens with two attached hydrogens (primary N) is 1. The lowest BCUT2D eigenvalue weighted by Gasteiger charge is -2.15. The van der Waals surface area contributed by atoms with Gasteiger partial charge in [0.2, 0.25) is 0 Å². The minimum Gasteiger partial charge on any atom is -0.328 e. The Balaban J connectivity index is 1.97. The highest BCUT2D eigenvalue weighted by Crippen LogP contribution is 2.21. The molecule has 1 unspecified atom stereocenters. The second-order valence-corrected chi connectivity index (χ2v) is 4.86. The van der Waals surface area contributed by atoms with Crippen LogP contribution in [0.25, 0.3) is 11.0 Å². The van der Waals surface area contributed by atoms with E-state index in [1.165, 1.54) is 6.33 Å². The Labute approximate surface area is 123 Å². The maximum Gasteiger partial charge on any atom is 0.115 e. The number of hydrogen-bond acceptors (Lipinski definition) is 5. The molecule has 0 fully saturated rings. The number of hydrogen-bond donors (Lipinski definition) is 2. The number of nitrogens with zero attached hydrogens (tertiary/aromatic N) is 4. The summed E-state index contributed by atoms with van der Waals surface area (Å²) >= 11 is 0. The van der Waals surface area contributed by atoms with Crippen molar-refractivity contribution < 1.29 is 0 Å². The molecule has 3 aromatic rings. The molecule has 0 spiro atoms. The predicted octanol–water partition coefficient (Wildman–Crippen LogP) is 1.59. The fourth-order valence-corrected chi connectivity index (χ4v) is 2.58. The smallest absolute Gasteiger partial charge is 0.115 e. The summed E-state index contributed by atoms with van der Waals surface area (Å²) in [6.07, 6.45) is 5.75. The Bertz CT molecular complexity index is 721. The second-order valence-electron chi connectivity index (χ2n) is 4.86. The lowest BCUT2D eigenvalue weighted by molar-refractivity contribution is 0.522. The summed E-state index contributed by atoms with van der Waals surface area (Å²) in [7, 11) is 0. The number of imidazole rings is 1. The number of aryl methyl sites for hydroxylation is 1. The monoisotopic (exact) mass is 282 g/mol. The Hall–Kier alpha value is -2.31. The van der Waals surface area contributed by atoms with E-state index in [0.29, 0.717) is 6.42 Å². The maximum atomic E-state index is 5.70. The van der Waals surface area contributed by atoms with Crippen LogP contribution in [0, 0.1) is 0 Å². The summed E-state index contributed by atoms with van der Waals surface area (Å²) in [6.45, 7) is 2.99. The van der Waals surface area contributed by atoms with E-state index in [9.17, 15) is 0 Å². The molecule has 6 heteroatoms. The first-order chi connectivity index (χ1) is 10.3. The van der Waals surface area contributed by atoms with Crippen molar-refractivity contribution in [1.82, 2.24) is 24.9 Å². The molecule has 6 nitrogen and oxygen atoms in total. The van der Waals surface area contributed by atoms with Crippen molar-refractivity contribution in [2.45, 2.75) is 25.9 Å². The number of fused-ring (bicyclic) bond motifs is 1. The third kappa shape index (κ3) is 2.63. The maximum absolute atomic E-state index is 5.70. The molecule has 0 bridgehead atoms. The first-order valence-corrected chi connectivity index (χ1v) is 6.98. The van der Waals surface area contributed by atoms with E-state index in [1.54, 1.807) is 12.4 Å².